The molecule has 0 saturated heterocycles. The minimum atomic E-state index is 0.158. The number of benzene rings is 1. The Kier molecular flexibility index (Phi) is 2.83. The second kappa shape index (κ2) is 4.28. The van der Waals surface area contributed by atoms with E-state index in [1.807, 2.05) is 30.4 Å². The highest BCUT2D eigenvalue weighted by Crippen LogP contribution is 2.26. The van der Waals surface area contributed by atoms with Crippen LogP contribution in [0.3, 0.4) is 0 Å². The van der Waals surface area contributed by atoms with Gasteiger partial charge in [-0.25, -0.2) is 0 Å². The van der Waals surface area contributed by atoms with Gasteiger partial charge in [0, 0.05) is 13.0 Å². The lowest BCUT2D eigenvalue weighted by molar-refractivity contribution is 0.0933. The van der Waals surface area contributed by atoms with Crippen LogP contribution in [0.15, 0.2) is 24.3 Å². The molecule has 2 rings (SSSR count). The Bertz CT molecular complexity index is 410. The molecule has 0 bridgehead atoms. The van der Waals surface area contributed by atoms with Gasteiger partial charge in [-0.3, -0.25) is 4.79 Å². The number of carbonyl (C=O) groups is 1. The van der Waals surface area contributed by atoms with E-state index in [4.69, 9.17) is 10.5 Å². The molecule has 0 aromatic heterocycles. The summed E-state index contributed by atoms with van der Waals surface area (Å²) in [5.41, 5.74) is 7.06. The number of nitrogens with two attached hydrogens (primary N) is 1. The van der Waals surface area contributed by atoms with E-state index in [0.717, 1.165) is 5.56 Å². The van der Waals surface area contributed by atoms with Crippen molar-refractivity contribution in [3.63, 3.8) is 0 Å². The Labute approximate surface area is 88.5 Å². The fourth-order valence-electron chi connectivity index (χ4n) is 1.58. The summed E-state index contributed by atoms with van der Waals surface area (Å²) in [6.07, 6.45) is 4.26. The molecule has 0 fully saturated rings. The predicted molar refractivity (Wildman–Crippen MR) is 59.0 cm³/mol. The molecule has 3 nitrogen and oxygen atoms in total. The highest BCUT2D eigenvalue weighted by Gasteiger charge is 2.17. The molecule has 1 heterocycles. The van der Waals surface area contributed by atoms with Crippen LogP contribution >= 0.6 is 0 Å². The van der Waals surface area contributed by atoms with E-state index in [9.17, 15) is 4.79 Å². The van der Waals surface area contributed by atoms with Crippen LogP contribution in [0.2, 0.25) is 0 Å². The summed E-state index contributed by atoms with van der Waals surface area (Å²) >= 11 is 0. The van der Waals surface area contributed by atoms with Crippen LogP contribution in [0.5, 0.6) is 5.75 Å². The van der Waals surface area contributed by atoms with Gasteiger partial charge in [0.05, 0.1) is 12.2 Å². The smallest absolute Gasteiger partial charge is 0.169 e. The first kappa shape index (κ1) is 9.93. The monoisotopic (exact) mass is 203 g/mol. The van der Waals surface area contributed by atoms with E-state index in [1.165, 1.54) is 0 Å². The molecule has 1 aliphatic heterocycles. The van der Waals surface area contributed by atoms with Gasteiger partial charge in [-0.2, -0.15) is 0 Å². The topological polar surface area (TPSA) is 52.3 Å². The van der Waals surface area contributed by atoms with Crippen LogP contribution in [0.25, 0.3) is 6.08 Å². The van der Waals surface area contributed by atoms with Gasteiger partial charge in [0.25, 0.3) is 0 Å². The van der Waals surface area contributed by atoms with Gasteiger partial charge in [0.15, 0.2) is 5.78 Å². The number of fused-ring (bicyclic) bond motifs is 1. The Hall–Kier alpha value is -1.61. The van der Waals surface area contributed by atoms with Crippen molar-refractivity contribution < 1.29 is 9.53 Å². The quantitative estimate of drug-likeness (QED) is 0.794. The van der Waals surface area contributed by atoms with Crippen molar-refractivity contribution in [3.8, 4) is 5.75 Å². The van der Waals surface area contributed by atoms with Crippen LogP contribution in [-0.2, 0) is 0 Å². The highest BCUT2D eigenvalue weighted by molar-refractivity contribution is 5.99. The fourth-order valence-corrected chi connectivity index (χ4v) is 1.58. The molecule has 0 unspecified atom stereocenters. The standard InChI is InChI=1S/C12H13NO2/c13-6-1-2-9-3-4-10-11(14)5-7-15-12(10)8-9/h1-4,8H,5-7,13H2. The molecule has 3 heteroatoms. The number of Topliss-reactive ketones (excluding diaryl/α,β-unsaturated/α-hetero) is 1. The second-order valence-electron chi connectivity index (χ2n) is 3.42. The lowest BCUT2D eigenvalue weighted by Gasteiger charge is -2.16. The predicted octanol–water partition coefficient (Wildman–Crippen LogP) is 1.62. The number of carbonyl (C=O) groups excluding carboxylic acids is 1. The average molecular weight is 203 g/mol. The minimum Gasteiger partial charge on any atom is -0.492 e. The van der Waals surface area contributed by atoms with Gasteiger partial charge in [-0.05, 0) is 17.7 Å². The molecule has 0 radical (unpaired) electrons. The van der Waals surface area contributed by atoms with Gasteiger partial charge in [-0.15, -0.1) is 0 Å². The third kappa shape index (κ3) is 2.07. The SMILES string of the molecule is NCC=Cc1ccc2c(c1)OCCC2=O. The molecule has 0 spiro atoms. The maximum atomic E-state index is 11.5. The molecule has 1 aromatic carbocycles. The molecule has 0 saturated carbocycles. The van der Waals surface area contributed by atoms with Crippen LogP contribution in [0.1, 0.15) is 22.3 Å². The van der Waals surface area contributed by atoms with Crippen molar-refractivity contribution in [2.24, 2.45) is 5.73 Å². The van der Waals surface area contributed by atoms with Crippen LogP contribution in [0.4, 0.5) is 0 Å². The third-order valence-electron chi connectivity index (χ3n) is 2.34. The summed E-state index contributed by atoms with van der Waals surface area (Å²) in [6.45, 7) is 0.993. The van der Waals surface area contributed by atoms with E-state index >= 15 is 0 Å². The van der Waals surface area contributed by atoms with Crippen LogP contribution < -0.4 is 10.5 Å². The van der Waals surface area contributed by atoms with Crippen molar-refractivity contribution in [2.45, 2.75) is 6.42 Å². The van der Waals surface area contributed by atoms with Crippen LogP contribution in [-0.4, -0.2) is 18.9 Å². The van der Waals surface area contributed by atoms with Gasteiger partial charge in [0.2, 0.25) is 0 Å². The van der Waals surface area contributed by atoms with Crippen molar-refractivity contribution in [3.05, 3.63) is 35.4 Å². The molecular formula is C12H13NO2. The molecule has 0 amide bonds. The molecule has 0 aliphatic carbocycles. The molecular weight excluding hydrogens is 190 g/mol. The lowest BCUT2D eigenvalue weighted by atomic mass is 10.0. The molecule has 15 heavy (non-hydrogen) atoms. The maximum Gasteiger partial charge on any atom is 0.169 e. The number of rotatable bonds is 2. The molecule has 1 aliphatic rings. The summed E-state index contributed by atoms with van der Waals surface area (Å²) < 4.78 is 5.43. The fraction of sp³-hybridized carbons (Fsp3) is 0.250. The summed E-state index contributed by atoms with van der Waals surface area (Å²) in [5.74, 6) is 0.844. The zero-order chi connectivity index (χ0) is 10.7. The Morgan fingerprint density at radius 2 is 2.33 bits per heavy atom. The number of hydrogen-bond acceptors (Lipinski definition) is 3. The minimum absolute atomic E-state index is 0.158. The first-order chi connectivity index (χ1) is 7.31. The zero-order valence-electron chi connectivity index (χ0n) is 8.40. The lowest BCUT2D eigenvalue weighted by Crippen LogP contribution is -2.15. The summed E-state index contributed by atoms with van der Waals surface area (Å²) in [6, 6.07) is 5.59. The maximum absolute atomic E-state index is 11.5. The van der Waals surface area contributed by atoms with Gasteiger partial charge in [-0.1, -0.05) is 18.2 Å². The van der Waals surface area contributed by atoms with E-state index in [1.54, 1.807) is 0 Å². The summed E-state index contributed by atoms with van der Waals surface area (Å²) in [5, 5.41) is 0. The van der Waals surface area contributed by atoms with Crippen molar-refractivity contribution >= 4 is 11.9 Å². The molecule has 0 atom stereocenters. The number of ketones is 1. The largest absolute Gasteiger partial charge is 0.492 e. The number of ether oxygens (including phenoxy) is 1. The third-order valence-corrected chi connectivity index (χ3v) is 2.34. The molecule has 78 valence electrons. The first-order valence-corrected chi connectivity index (χ1v) is 4.98. The number of hydrogen-bond donors (Lipinski definition) is 1. The van der Waals surface area contributed by atoms with Gasteiger partial charge >= 0.3 is 0 Å². The highest BCUT2D eigenvalue weighted by atomic mass is 16.5. The van der Waals surface area contributed by atoms with E-state index in [-0.39, 0.29) is 5.78 Å². The summed E-state index contributed by atoms with van der Waals surface area (Å²) in [7, 11) is 0. The molecule has 2 N–H and O–H groups in total. The average Bonchev–Trinajstić information content (AvgIpc) is 2.26. The normalized spacial score (nSPS) is 15.1. The van der Waals surface area contributed by atoms with Crippen molar-refractivity contribution in [2.75, 3.05) is 13.2 Å². The zero-order valence-corrected chi connectivity index (χ0v) is 8.40. The Morgan fingerprint density at radius 1 is 1.47 bits per heavy atom. The second-order valence-corrected chi connectivity index (χ2v) is 3.42. The Balaban J connectivity index is 2.33. The van der Waals surface area contributed by atoms with E-state index in [2.05, 4.69) is 0 Å². The van der Waals surface area contributed by atoms with Crippen molar-refractivity contribution in [1.29, 1.82) is 0 Å². The Morgan fingerprint density at radius 3 is 3.13 bits per heavy atom. The first-order valence-electron chi connectivity index (χ1n) is 4.98. The van der Waals surface area contributed by atoms with Gasteiger partial charge in [0.1, 0.15) is 5.75 Å². The van der Waals surface area contributed by atoms with Crippen LogP contribution in [0, 0.1) is 0 Å². The van der Waals surface area contributed by atoms with E-state index < -0.39 is 0 Å². The van der Waals surface area contributed by atoms with Gasteiger partial charge < -0.3 is 10.5 Å². The molecule has 1 aromatic rings. The van der Waals surface area contributed by atoms with E-state index in [0.29, 0.717) is 30.9 Å². The summed E-state index contributed by atoms with van der Waals surface area (Å²) in [4.78, 5) is 11.5. The van der Waals surface area contributed by atoms with Crippen molar-refractivity contribution in [1.82, 2.24) is 0 Å².